The number of hydrogen-bond acceptors (Lipinski definition) is 2. The zero-order valence-corrected chi connectivity index (χ0v) is 8.19. The second-order valence-corrected chi connectivity index (χ2v) is 4.70. The van der Waals surface area contributed by atoms with Crippen molar-refractivity contribution >= 4 is 7.60 Å². The molecule has 1 atom stereocenters. The van der Waals surface area contributed by atoms with E-state index in [4.69, 9.17) is 15.5 Å². The minimum absolute atomic E-state index is 0.383. The molecular weight excluding hydrogens is 208 g/mol. The summed E-state index contributed by atoms with van der Waals surface area (Å²) in [6.45, 7) is 0. The SMILES string of the molecule is NC(CP(=O)(O)O)c1cccc(F)c1. The molecule has 0 saturated carbocycles. The molecule has 1 aromatic rings. The van der Waals surface area contributed by atoms with Gasteiger partial charge in [-0.3, -0.25) is 4.57 Å². The van der Waals surface area contributed by atoms with Gasteiger partial charge in [0.1, 0.15) is 5.82 Å². The van der Waals surface area contributed by atoms with Crippen molar-refractivity contribution in [3.8, 4) is 0 Å². The maximum atomic E-state index is 12.7. The summed E-state index contributed by atoms with van der Waals surface area (Å²) in [7, 11) is -4.15. The Bertz CT molecular complexity index is 365. The van der Waals surface area contributed by atoms with Gasteiger partial charge < -0.3 is 15.5 Å². The van der Waals surface area contributed by atoms with Gasteiger partial charge in [0.05, 0.1) is 6.16 Å². The molecule has 0 radical (unpaired) electrons. The Morgan fingerprint density at radius 3 is 2.64 bits per heavy atom. The van der Waals surface area contributed by atoms with E-state index in [1.807, 2.05) is 0 Å². The smallest absolute Gasteiger partial charge is 0.324 e. The molecule has 14 heavy (non-hydrogen) atoms. The van der Waals surface area contributed by atoms with Crippen molar-refractivity contribution in [1.82, 2.24) is 0 Å². The van der Waals surface area contributed by atoms with Crippen LogP contribution in [0.25, 0.3) is 0 Å². The first kappa shape index (κ1) is 11.3. The summed E-state index contributed by atoms with van der Waals surface area (Å²) in [5, 5.41) is 0. The van der Waals surface area contributed by atoms with Crippen molar-refractivity contribution in [1.29, 1.82) is 0 Å². The zero-order valence-electron chi connectivity index (χ0n) is 7.30. The summed E-state index contributed by atoms with van der Waals surface area (Å²) >= 11 is 0. The van der Waals surface area contributed by atoms with Crippen LogP contribution in [0.2, 0.25) is 0 Å². The molecule has 0 fully saturated rings. The van der Waals surface area contributed by atoms with E-state index in [9.17, 15) is 8.96 Å². The summed E-state index contributed by atoms with van der Waals surface area (Å²) in [4.78, 5) is 17.3. The molecule has 0 aliphatic carbocycles. The number of halogens is 1. The molecule has 6 heteroatoms. The average molecular weight is 219 g/mol. The van der Waals surface area contributed by atoms with Gasteiger partial charge in [-0.15, -0.1) is 0 Å². The molecule has 0 heterocycles. The van der Waals surface area contributed by atoms with Gasteiger partial charge in [-0.1, -0.05) is 12.1 Å². The second kappa shape index (κ2) is 4.19. The monoisotopic (exact) mass is 219 g/mol. The fraction of sp³-hybridized carbons (Fsp3) is 0.250. The summed E-state index contributed by atoms with van der Waals surface area (Å²) in [6.07, 6.45) is -0.476. The van der Waals surface area contributed by atoms with Crippen LogP contribution in [0.1, 0.15) is 11.6 Å². The minimum atomic E-state index is -4.15. The third-order valence-electron chi connectivity index (χ3n) is 1.71. The molecule has 4 nitrogen and oxygen atoms in total. The van der Waals surface area contributed by atoms with Crippen LogP contribution in [0.3, 0.4) is 0 Å². The number of rotatable bonds is 3. The van der Waals surface area contributed by atoms with Crippen LogP contribution >= 0.6 is 7.60 Å². The highest BCUT2D eigenvalue weighted by Gasteiger charge is 2.19. The van der Waals surface area contributed by atoms with E-state index < -0.39 is 25.6 Å². The lowest BCUT2D eigenvalue weighted by Gasteiger charge is -2.12. The van der Waals surface area contributed by atoms with Crippen molar-refractivity contribution < 1.29 is 18.7 Å². The van der Waals surface area contributed by atoms with Crippen molar-refractivity contribution in [2.24, 2.45) is 5.73 Å². The Morgan fingerprint density at radius 2 is 2.14 bits per heavy atom. The maximum Gasteiger partial charge on any atom is 0.327 e. The van der Waals surface area contributed by atoms with Gasteiger partial charge in [-0.2, -0.15) is 0 Å². The van der Waals surface area contributed by atoms with E-state index in [1.165, 1.54) is 24.3 Å². The number of benzene rings is 1. The van der Waals surface area contributed by atoms with Crippen LogP contribution in [-0.4, -0.2) is 15.9 Å². The molecular formula is C8H11FNO3P. The second-order valence-electron chi connectivity index (χ2n) is 3.01. The molecule has 78 valence electrons. The van der Waals surface area contributed by atoms with Gasteiger partial charge in [-0.05, 0) is 17.7 Å². The van der Waals surface area contributed by atoms with Crippen LogP contribution in [0.4, 0.5) is 4.39 Å². The first-order valence-electron chi connectivity index (χ1n) is 3.94. The van der Waals surface area contributed by atoms with Gasteiger partial charge >= 0.3 is 7.60 Å². The van der Waals surface area contributed by atoms with E-state index in [1.54, 1.807) is 0 Å². The number of nitrogens with two attached hydrogens (primary N) is 1. The third-order valence-corrected chi connectivity index (χ3v) is 2.58. The van der Waals surface area contributed by atoms with Crippen LogP contribution in [-0.2, 0) is 4.57 Å². The summed E-state index contributed by atoms with van der Waals surface area (Å²) < 4.78 is 23.3. The number of hydrogen-bond donors (Lipinski definition) is 3. The van der Waals surface area contributed by atoms with E-state index in [0.29, 0.717) is 5.56 Å². The summed E-state index contributed by atoms with van der Waals surface area (Å²) in [5.74, 6) is -0.469. The first-order chi connectivity index (χ1) is 6.38. The summed E-state index contributed by atoms with van der Waals surface area (Å²) in [5.41, 5.74) is 5.87. The van der Waals surface area contributed by atoms with Gasteiger partial charge in [0.15, 0.2) is 0 Å². The third kappa shape index (κ3) is 3.55. The lowest BCUT2D eigenvalue weighted by molar-refractivity contribution is 0.369. The van der Waals surface area contributed by atoms with E-state index in [2.05, 4.69) is 0 Å². The van der Waals surface area contributed by atoms with Gasteiger partial charge in [0, 0.05) is 6.04 Å². The van der Waals surface area contributed by atoms with Crippen molar-refractivity contribution in [2.75, 3.05) is 6.16 Å². The van der Waals surface area contributed by atoms with E-state index in [-0.39, 0.29) is 0 Å². The van der Waals surface area contributed by atoms with Crippen LogP contribution < -0.4 is 5.73 Å². The molecule has 1 aromatic carbocycles. The Kier molecular flexibility index (Phi) is 3.39. The predicted molar refractivity (Wildman–Crippen MR) is 50.2 cm³/mol. The lowest BCUT2D eigenvalue weighted by Crippen LogP contribution is -2.15. The molecule has 4 N–H and O–H groups in total. The standard InChI is InChI=1S/C8H11FNO3P/c9-7-3-1-2-6(4-7)8(10)5-14(11,12)13/h1-4,8H,5,10H2,(H2,11,12,13). The fourth-order valence-electron chi connectivity index (χ4n) is 1.10. The molecule has 0 bridgehead atoms. The van der Waals surface area contributed by atoms with Gasteiger partial charge in [-0.25, -0.2) is 4.39 Å². The van der Waals surface area contributed by atoms with Crippen molar-refractivity contribution in [3.05, 3.63) is 35.6 Å². The topological polar surface area (TPSA) is 83.6 Å². The van der Waals surface area contributed by atoms with E-state index in [0.717, 1.165) is 0 Å². The Balaban J connectivity index is 2.80. The Morgan fingerprint density at radius 1 is 1.50 bits per heavy atom. The quantitative estimate of drug-likeness (QED) is 0.662. The molecule has 0 spiro atoms. The molecule has 1 rings (SSSR count). The van der Waals surface area contributed by atoms with Crippen LogP contribution in [0.15, 0.2) is 24.3 Å². The molecule has 0 aromatic heterocycles. The van der Waals surface area contributed by atoms with Crippen LogP contribution in [0.5, 0.6) is 0 Å². The van der Waals surface area contributed by atoms with Gasteiger partial charge in [0.25, 0.3) is 0 Å². The zero-order chi connectivity index (χ0) is 10.8. The molecule has 0 saturated heterocycles. The average Bonchev–Trinajstić information content (AvgIpc) is 2.01. The maximum absolute atomic E-state index is 12.7. The van der Waals surface area contributed by atoms with Crippen molar-refractivity contribution in [2.45, 2.75) is 6.04 Å². The molecule has 0 aliphatic heterocycles. The lowest BCUT2D eigenvalue weighted by atomic mass is 10.1. The molecule has 0 amide bonds. The van der Waals surface area contributed by atoms with E-state index >= 15 is 0 Å². The normalized spacial score (nSPS) is 14.0. The highest BCUT2D eigenvalue weighted by Crippen LogP contribution is 2.38. The predicted octanol–water partition coefficient (Wildman–Crippen LogP) is 1.00. The summed E-state index contributed by atoms with van der Waals surface area (Å²) in [6, 6.07) is 4.55. The van der Waals surface area contributed by atoms with Crippen LogP contribution in [0, 0.1) is 5.82 Å². The van der Waals surface area contributed by atoms with Crippen molar-refractivity contribution in [3.63, 3.8) is 0 Å². The largest absolute Gasteiger partial charge is 0.327 e. The molecule has 1 unspecified atom stereocenters. The Labute approximate surface area is 80.7 Å². The van der Waals surface area contributed by atoms with Gasteiger partial charge in [0.2, 0.25) is 0 Å². The highest BCUT2D eigenvalue weighted by atomic mass is 31.2. The fourth-order valence-corrected chi connectivity index (χ4v) is 1.82. The highest BCUT2D eigenvalue weighted by molar-refractivity contribution is 7.51. The first-order valence-corrected chi connectivity index (χ1v) is 5.74. The molecule has 0 aliphatic rings. The Hall–Kier alpha value is -0.740. The minimum Gasteiger partial charge on any atom is -0.324 e.